The fraction of sp³-hybridized carbons (Fsp3) is 0.350. The van der Waals surface area contributed by atoms with Crippen LogP contribution in [0.2, 0.25) is 0 Å². The van der Waals surface area contributed by atoms with E-state index in [2.05, 4.69) is 31.5 Å². The van der Waals surface area contributed by atoms with Crippen molar-refractivity contribution in [2.45, 2.75) is 24.9 Å². The lowest BCUT2D eigenvalue weighted by atomic mass is 10.1. The number of carbonyl (C=O) groups is 1. The zero-order chi connectivity index (χ0) is 18.2. The number of H-pyrrole nitrogens is 1. The largest absolute Gasteiger partial charge is 0.378 e. The van der Waals surface area contributed by atoms with Crippen LogP contribution in [0.25, 0.3) is 21.9 Å². The van der Waals surface area contributed by atoms with Gasteiger partial charge in [-0.1, -0.05) is 12.1 Å². The molecule has 138 valence electrons. The van der Waals surface area contributed by atoms with Crippen LogP contribution >= 0.6 is 0 Å². The van der Waals surface area contributed by atoms with Crippen LogP contribution in [0.3, 0.4) is 0 Å². The van der Waals surface area contributed by atoms with E-state index in [0.29, 0.717) is 24.4 Å². The molecular weight excluding hydrogens is 342 g/mol. The van der Waals surface area contributed by atoms with Gasteiger partial charge in [0.05, 0.1) is 26.0 Å². The molecular formula is C20H21N5O2. The SMILES string of the molecule is O=C(CN1C2CCC1COC2)Nc1cc2cc(-c3cn[nH]c3)ccc2cn1. The normalized spacial score (nSPS) is 22.2. The number of rotatable bonds is 4. The number of ether oxygens (including phenoxy) is 1. The second-order valence-electron chi connectivity index (χ2n) is 7.26. The molecule has 2 aliphatic rings. The van der Waals surface area contributed by atoms with Crippen LogP contribution in [0.15, 0.2) is 42.9 Å². The number of fused-ring (bicyclic) bond motifs is 3. The first-order chi connectivity index (χ1) is 13.3. The Morgan fingerprint density at radius 3 is 2.78 bits per heavy atom. The van der Waals surface area contributed by atoms with E-state index < -0.39 is 0 Å². The maximum absolute atomic E-state index is 12.5. The molecule has 7 heteroatoms. The standard InChI is InChI=1S/C20H21N5O2/c26-20(10-25-17-3-4-18(25)12-27-11-17)24-19-6-15-5-13(16-8-22-23-9-16)1-2-14(15)7-21-19/h1-2,5-9,17-18H,3-4,10-12H2,(H,22,23)(H,21,24,26). The van der Waals surface area contributed by atoms with Crippen LogP contribution < -0.4 is 5.32 Å². The van der Waals surface area contributed by atoms with Crippen molar-refractivity contribution in [1.82, 2.24) is 20.1 Å². The van der Waals surface area contributed by atoms with Crippen molar-refractivity contribution in [2.24, 2.45) is 0 Å². The third-order valence-corrected chi connectivity index (χ3v) is 5.54. The van der Waals surface area contributed by atoms with Crippen molar-refractivity contribution < 1.29 is 9.53 Å². The fourth-order valence-corrected chi connectivity index (χ4v) is 4.12. The molecule has 0 radical (unpaired) electrons. The monoisotopic (exact) mass is 363 g/mol. The number of nitrogens with zero attached hydrogens (tertiary/aromatic N) is 3. The van der Waals surface area contributed by atoms with Crippen molar-refractivity contribution in [3.05, 3.63) is 42.9 Å². The number of morpholine rings is 1. The van der Waals surface area contributed by atoms with E-state index in [0.717, 1.165) is 48.0 Å². The summed E-state index contributed by atoms with van der Waals surface area (Å²) >= 11 is 0. The topological polar surface area (TPSA) is 83.1 Å². The first-order valence-electron chi connectivity index (χ1n) is 9.28. The van der Waals surface area contributed by atoms with Gasteiger partial charge in [0.15, 0.2) is 0 Å². The summed E-state index contributed by atoms with van der Waals surface area (Å²) in [6, 6.07) is 8.82. The maximum Gasteiger partial charge on any atom is 0.239 e. The summed E-state index contributed by atoms with van der Waals surface area (Å²) in [7, 11) is 0. The number of amides is 1. The van der Waals surface area contributed by atoms with Gasteiger partial charge in [-0.15, -0.1) is 0 Å². The first-order valence-corrected chi connectivity index (χ1v) is 9.28. The van der Waals surface area contributed by atoms with Gasteiger partial charge >= 0.3 is 0 Å². The van der Waals surface area contributed by atoms with Crippen molar-refractivity contribution in [3.8, 4) is 11.1 Å². The molecule has 2 aromatic heterocycles. The zero-order valence-electron chi connectivity index (χ0n) is 14.9. The lowest BCUT2D eigenvalue weighted by molar-refractivity contribution is -0.120. The molecule has 2 saturated heterocycles. The Morgan fingerprint density at radius 2 is 2.00 bits per heavy atom. The molecule has 0 spiro atoms. The Hall–Kier alpha value is -2.77. The molecule has 7 nitrogen and oxygen atoms in total. The molecule has 4 heterocycles. The fourth-order valence-electron chi connectivity index (χ4n) is 4.12. The highest BCUT2D eigenvalue weighted by Gasteiger charge is 2.38. The van der Waals surface area contributed by atoms with Gasteiger partial charge in [-0.25, -0.2) is 4.98 Å². The van der Waals surface area contributed by atoms with Gasteiger partial charge in [0.25, 0.3) is 0 Å². The molecule has 2 atom stereocenters. The predicted molar refractivity (Wildman–Crippen MR) is 102 cm³/mol. The molecule has 2 N–H and O–H groups in total. The minimum Gasteiger partial charge on any atom is -0.378 e. The molecule has 27 heavy (non-hydrogen) atoms. The minimum absolute atomic E-state index is 0.0216. The van der Waals surface area contributed by atoms with Gasteiger partial charge in [0.1, 0.15) is 5.82 Å². The summed E-state index contributed by atoms with van der Waals surface area (Å²) in [5, 5.41) is 11.9. The van der Waals surface area contributed by atoms with Crippen LogP contribution in [0, 0.1) is 0 Å². The Balaban J connectivity index is 1.33. The van der Waals surface area contributed by atoms with Crippen LogP contribution in [0.4, 0.5) is 5.82 Å². The van der Waals surface area contributed by atoms with Crippen LogP contribution in [-0.4, -0.2) is 57.8 Å². The molecule has 2 aliphatic heterocycles. The molecule has 2 fully saturated rings. The predicted octanol–water partition coefficient (Wildman–Crippen LogP) is 2.43. The molecule has 0 aliphatic carbocycles. The quantitative estimate of drug-likeness (QED) is 0.744. The smallest absolute Gasteiger partial charge is 0.239 e. The summed E-state index contributed by atoms with van der Waals surface area (Å²) < 4.78 is 5.58. The number of nitrogens with one attached hydrogen (secondary N) is 2. The number of benzene rings is 1. The Labute approximate surface area is 156 Å². The second kappa shape index (κ2) is 6.75. The van der Waals surface area contributed by atoms with E-state index >= 15 is 0 Å². The van der Waals surface area contributed by atoms with Crippen molar-refractivity contribution >= 4 is 22.5 Å². The van der Waals surface area contributed by atoms with Crippen LogP contribution in [0.1, 0.15) is 12.8 Å². The molecule has 2 bridgehead atoms. The Morgan fingerprint density at radius 1 is 1.15 bits per heavy atom. The molecule has 1 aromatic carbocycles. The second-order valence-corrected chi connectivity index (χ2v) is 7.26. The summed E-state index contributed by atoms with van der Waals surface area (Å²) in [6.07, 6.45) is 7.68. The zero-order valence-corrected chi connectivity index (χ0v) is 14.9. The number of hydrogen-bond acceptors (Lipinski definition) is 5. The number of hydrogen-bond donors (Lipinski definition) is 2. The summed E-state index contributed by atoms with van der Waals surface area (Å²) in [4.78, 5) is 19.2. The average Bonchev–Trinajstić information content (AvgIpc) is 3.27. The highest BCUT2D eigenvalue weighted by molar-refractivity contribution is 5.94. The van der Waals surface area contributed by atoms with Gasteiger partial charge in [-0.3, -0.25) is 14.8 Å². The van der Waals surface area contributed by atoms with Gasteiger partial charge in [-0.05, 0) is 35.9 Å². The van der Waals surface area contributed by atoms with Crippen molar-refractivity contribution in [1.29, 1.82) is 0 Å². The van der Waals surface area contributed by atoms with E-state index in [1.165, 1.54) is 0 Å². The lowest BCUT2D eigenvalue weighted by Crippen LogP contribution is -2.48. The third-order valence-electron chi connectivity index (χ3n) is 5.54. The maximum atomic E-state index is 12.5. The third kappa shape index (κ3) is 3.20. The van der Waals surface area contributed by atoms with Crippen molar-refractivity contribution in [2.75, 3.05) is 25.1 Å². The summed E-state index contributed by atoms with van der Waals surface area (Å²) in [5.74, 6) is 0.559. The van der Waals surface area contributed by atoms with Crippen molar-refractivity contribution in [3.63, 3.8) is 0 Å². The number of aromatic amines is 1. The van der Waals surface area contributed by atoms with E-state index in [-0.39, 0.29) is 5.91 Å². The summed E-state index contributed by atoms with van der Waals surface area (Å²) in [6.45, 7) is 1.86. The Bertz CT molecular complexity index is 956. The molecule has 5 rings (SSSR count). The first kappa shape index (κ1) is 16.4. The Kier molecular flexibility index (Phi) is 4.10. The number of anilines is 1. The lowest BCUT2D eigenvalue weighted by Gasteiger charge is -2.33. The molecule has 3 aromatic rings. The molecule has 2 unspecified atom stereocenters. The van der Waals surface area contributed by atoms with Gasteiger partial charge in [0, 0.05) is 35.4 Å². The highest BCUT2D eigenvalue weighted by atomic mass is 16.5. The molecule has 0 saturated carbocycles. The summed E-state index contributed by atoms with van der Waals surface area (Å²) in [5.41, 5.74) is 2.10. The average molecular weight is 363 g/mol. The number of aromatic nitrogens is 3. The highest BCUT2D eigenvalue weighted by Crippen LogP contribution is 2.28. The van der Waals surface area contributed by atoms with E-state index in [9.17, 15) is 4.79 Å². The van der Waals surface area contributed by atoms with Gasteiger partial charge in [-0.2, -0.15) is 5.10 Å². The van der Waals surface area contributed by atoms with Gasteiger partial charge in [0.2, 0.25) is 5.91 Å². The van der Waals surface area contributed by atoms with E-state index in [1.807, 2.05) is 24.4 Å². The van der Waals surface area contributed by atoms with Gasteiger partial charge < -0.3 is 10.1 Å². The van der Waals surface area contributed by atoms with Crippen LogP contribution in [0.5, 0.6) is 0 Å². The van der Waals surface area contributed by atoms with E-state index in [4.69, 9.17) is 4.74 Å². The minimum atomic E-state index is -0.0216. The number of carbonyl (C=O) groups excluding carboxylic acids is 1. The van der Waals surface area contributed by atoms with Crippen LogP contribution in [-0.2, 0) is 9.53 Å². The van der Waals surface area contributed by atoms with E-state index in [1.54, 1.807) is 12.4 Å². The number of pyridine rings is 1. The molecule has 1 amide bonds.